The summed E-state index contributed by atoms with van der Waals surface area (Å²) in [5.41, 5.74) is 11.1. The molecule has 4 heteroatoms. The lowest BCUT2D eigenvalue weighted by atomic mass is 9.87. The summed E-state index contributed by atoms with van der Waals surface area (Å²) in [4.78, 5) is 3.97. The summed E-state index contributed by atoms with van der Waals surface area (Å²) in [5.74, 6) is 1.35. The molecule has 0 amide bonds. The molecule has 56 heavy (non-hydrogen) atoms. The number of nitrogens with zero attached hydrogens (tertiary/aromatic N) is 1. The summed E-state index contributed by atoms with van der Waals surface area (Å²) in [6.07, 6.45) is 11.0. The van der Waals surface area contributed by atoms with Crippen molar-refractivity contribution in [2.24, 2.45) is 0 Å². The van der Waals surface area contributed by atoms with Crippen molar-refractivity contribution in [2.45, 2.75) is 24.8 Å². The maximum absolute atomic E-state index is 6.79. The molecule has 0 saturated heterocycles. The number of anilines is 2. The first-order valence-corrected chi connectivity index (χ1v) is 20.3. The zero-order valence-electron chi connectivity index (χ0n) is 30.5. The molecule has 0 bridgehead atoms. The number of benzene rings is 7. The average Bonchev–Trinajstić information content (AvgIpc) is 3.94. The van der Waals surface area contributed by atoms with E-state index in [1.165, 1.54) is 47.8 Å². The maximum atomic E-state index is 6.79. The van der Waals surface area contributed by atoms with E-state index in [1.54, 1.807) is 0 Å². The Morgan fingerprint density at radius 3 is 2.23 bits per heavy atom. The SMILES string of the molecule is C1=Cc2c(sc3ccccc23)C(c2ccc(N(c3ccccc3-c3cccc4c3oc3cc5ccccc5cc34)C3C=Cc4c(oc5ccccc45)C3)cc2)C1. The van der Waals surface area contributed by atoms with Gasteiger partial charge in [0.15, 0.2) is 0 Å². The van der Waals surface area contributed by atoms with E-state index in [-0.39, 0.29) is 6.04 Å². The van der Waals surface area contributed by atoms with Crippen LogP contribution in [-0.2, 0) is 6.42 Å². The largest absolute Gasteiger partial charge is 0.460 e. The Balaban J connectivity index is 1.00. The average molecular weight is 738 g/mol. The number of fused-ring (bicyclic) bond motifs is 10. The zero-order chi connectivity index (χ0) is 36.7. The summed E-state index contributed by atoms with van der Waals surface area (Å²) in [5, 5.41) is 7.18. The monoisotopic (exact) mass is 737 g/mol. The fourth-order valence-electron chi connectivity index (χ4n) is 9.31. The van der Waals surface area contributed by atoms with Crippen LogP contribution in [0.15, 0.2) is 173 Å². The molecule has 0 saturated carbocycles. The van der Waals surface area contributed by atoms with E-state index in [0.717, 1.165) is 68.6 Å². The zero-order valence-corrected chi connectivity index (χ0v) is 31.3. The van der Waals surface area contributed by atoms with E-state index in [4.69, 9.17) is 8.83 Å². The molecule has 0 fully saturated rings. The fraction of sp³-hybridized carbons (Fsp3) is 0.0769. The molecule has 0 N–H and O–H groups in total. The molecule has 0 spiro atoms. The number of hydrogen-bond acceptors (Lipinski definition) is 4. The Morgan fingerprint density at radius 1 is 0.571 bits per heavy atom. The van der Waals surface area contributed by atoms with Gasteiger partial charge in [-0.3, -0.25) is 0 Å². The topological polar surface area (TPSA) is 29.5 Å². The van der Waals surface area contributed by atoms with Crippen molar-refractivity contribution in [3.05, 3.63) is 191 Å². The van der Waals surface area contributed by atoms with Crippen LogP contribution in [0.5, 0.6) is 0 Å². The number of hydrogen-bond donors (Lipinski definition) is 0. The third kappa shape index (κ3) is 4.89. The molecule has 10 aromatic rings. The predicted molar refractivity (Wildman–Crippen MR) is 235 cm³/mol. The molecule has 0 radical (unpaired) electrons. The van der Waals surface area contributed by atoms with Crippen LogP contribution in [0, 0.1) is 0 Å². The lowest BCUT2D eigenvalue weighted by molar-refractivity contribution is 0.529. The molecule has 3 nitrogen and oxygen atoms in total. The van der Waals surface area contributed by atoms with Gasteiger partial charge in [-0.15, -0.1) is 11.3 Å². The Kier molecular flexibility index (Phi) is 7.05. The van der Waals surface area contributed by atoms with Gasteiger partial charge in [0.25, 0.3) is 0 Å². The molecule has 3 heterocycles. The lowest BCUT2D eigenvalue weighted by Crippen LogP contribution is -2.33. The molecule has 2 atom stereocenters. The van der Waals surface area contributed by atoms with Crippen molar-refractivity contribution < 1.29 is 8.83 Å². The number of rotatable bonds is 5. The van der Waals surface area contributed by atoms with Crippen LogP contribution in [0.4, 0.5) is 11.4 Å². The molecule has 0 aliphatic heterocycles. The van der Waals surface area contributed by atoms with Crippen molar-refractivity contribution in [3.8, 4) is 11.1 Å². The lowest BCUT2D eigenvalue weighted by Gasteiger charge is -2.35. The van der Waals surface area contributed by atoms with Gasteiger partial charge in [-0.25, -0.2) is 0 Å². The van der Waals surface area contributed by atoms with Crippen LogP contribution in [-0.4, -0.2) is 6.04 Å². The molecule has 7 aromatic carbocycles. The summed E-state index contributed by atoms with van der Waals surface area (Å²) in [6.45, 7) is 0. The van der Waals surface area contributed by atoms with E-state index in [9.17, 15) is 0 Å². The predicted octanol–water partition coefficient (Wildman–Crippen LogP) is 14.7. The fourth-order valence-corrected chi connectivity index (χ4v) is 10.6. The van der Waals surface area contributed by atoms with Crippen LogP contribution in [0.2, 0.25) is 0 Å². The molecule has 266 valence electrons. The van der Waals surface area contributed by atoms with Gasteiger partial charge in [0, 0.05) is 66.1 Å². The highest BCUT2D eigenvalue weighted by molar-refractivity contribution is 7.19. The second kappa shape index (κ2) is 12.5. The first kappa shape index (κ1) is 31.7. The number of para-hydroxylation sites is 3. The van der Waals surface area contributed by atoms with Crippen molar-refractivity contribution in [2.75, 3.05) is 4.90 Å². The van der Waals surface area contributed by atoms with Gasteiger partial charge in [0.1, 0.15) is 22.5 Å². The van der Waals surface area contributed by atoms with E-state index in [2.05, 4.69) is 175 Å². The molecule has 3 aromatic heterocycles. The summed E-state index contributed by atoms with van der Waals surface area (Å²) < 4.78 is 14.7. The summed E-state index contributed by atoms with van der Waals surface area (Å²) in [6, 6.07) is 54.9. The maximum Gasteiger partial charge on any atom is 0.143 e. The molecule has 2 aliphatic rings. The summed E-state index contributed by atoms with van der Waals surface area (Å²) in [7, 11) is 0. The van der Waals surface area contributed by atoms with Crippen LogP contribution in [0.1, 0.15) is 39.7 Å². The van der Waals surface area contributed by atoms with Gasteiger partial charge in [-0.1, -0.05) is 133 Å². The Morgan fingerprint density at radius 2 is 1.32 bits per heavy atom. The first-order valence-electron chi connectivity index (χ1n) is 19.4. The van der Waals surface area contributed by atoms with E-state index in [0.29, 0.717) is 5.92 Å². The van der Waals surface area contributed by atoms with Crippen molar-refractivity contribution in [3.63, 3.8) is 0 Å². The first-order chi connectivity index (χ1) is 27.7. The molecule has 2 aliphatic carbocycles. The highest BCUT2D eigenvalue weighted by Crippen LogP contribution is 2.47. The third-order valence-electron chi connectivity index (χ3n) is 11.9. The normalized spacial score (nSPS) is 16.3. The minimum atomic E-state index is 0.0158. The number of thiophene rings is 1. The highest BCUT2D eigenvalue weighted by atomic mass is 32.1. The second-order valence-electron chi connectivity index (χ2n) is 15.1. The number of furan rings is 2. The summed E-state index contributed by atoms with van der Waals surface area (Å²) >= 11 is 1.94. The van der Waals surface area contributed by atoms with Gasteiger partial charge in [-0.05, 0) is 76.2 Å². The van der Waals surface area contributed by atoms with Gasteiger partial charge in [-0.2, -0.15) is 0 Å². The Hall–Kier alpha value is -6.62. The quantitative estimate of drug-likeness (QED) is 0.176. The standard InChI is InChI=1S/C52H35NO2S/c1-2-12-34-30-48-45(29-33(34)11-1)43-18-10-17-42(51(43)55-48)38-13-3-6-20-46(38)53(36-27-28-40-39-14-4-7-21-47(39)54-49(40)31-36)35-25-23-32(24-26-35)37-16-9-19-44-41-15-5-8-22-50(41)56-52(37)44/h1-15,17-30,36-37H,16,31H2. The van der Waals surface area contributed by atoms with Crippen LogP contribution < -0.4 is 4.90 Å². The van der Waals surface area contributed by atoms with Gasteiger partial charge in [0.2, 0.25) is 0 Å². The van der Waals surface area contributed by atoms with Crippen molar-refractivity contribution in [1.29, 1.82) is 0 Å². The van der Waals surface area contributed by atoms with Crippen LogP contribution >= 0.6 is 11.3 Å². The van der Waals surface area contributed by atoms with E-state index < -0.39 is 0 Å². The third-order valence-corrected chi connectivity index (χ3v) is 13.3. The smallest absolute Gasteiger partial charge is 0.143 e. The van der Waals surface area contributed by atoms with Gasteiger partial charge < -0.3 is 13.7 Å². The minimum absolute atomic E-state index is 0.0158. The van der Waals surface area contributed by atoms with E-state index >= 15 is 0 Å². The Bertz CT molecular complexity index is 3230. The van der Waals surface area contributed by atoms with Gasteiger partial charge >= 0.3 is 0 Å². The van der Waals surface area contributed by atoms with E-state index in [1.807, 2.05) is 17.4 Å². The van der Waals surface area contributed by atoms with Crippen molar-refractivity contribution in [1.82, 2.24) is 0 Å². The van der Waals surface area contributed by atoms with Crippen LogP contribution in [0.25, 0.3) is 77.0 Å². The minimum Gasteiger partial charge on any atom is -0.460 e. The highest BCUT2D eigenvalue weighted by Gasteiger charge is 2.29. The second-order valence-corrected chi connectivity index (χ2v) is 16.2. The molecular formula is C52H35NO2S. The molecule has 2 unspecified atom stereocenters. The van der Waals surface area contributed by atoms with Gasteiger partial charge in [0.05, 0.1) is 6.04 Å². The molecule has 12 rings (SSSR count). The van der Waals surface area contributed by atoms with Crippen LogP contribution in [0.3, 0.4) is 0 Å². The Labute approximate surface area is 328 Å². The van der Waals surface area contributed by atoms with Crippen molar-refractivity contribution >= 4 is 88.6 Å². The molecular weight excluding hydrogens is 703 g/mol. The number of allylic oxidation sites excluding steroid dienone is 1.